The van der Waals surface area contributed by atoms with Crippen LogP contribution in [-0.2, 0) is 12.0 Å². The Bertz CT molecular complexity index is 1030. The topological polar surface area (TPSA) is 58.5 Å². The molecule has 1 saturated carbocycles. The van der Waals surface area contributed by atoms with Gasteiger partial charge in [-0.2, -0.15) is 10.2 Å². The monoisotopic (exact) mass is 409 g/mol. The van der Waals surface area contributed by atoms with E-state index in [9.17, 15) is 4.39 Å². The molecule has 2 aromatic heterocycles. The summed E-state index contributed by atoms with van der Waals surface area (Å²) in [5.74, 6) is 1.37. The van der Waals surface area contributed by atoms with E-state index in [0.717, 1.165) is 36.1 Å². The predicted octanol–water partition coefficient (Wildman–Crippen LogP) is 6.17. The largest absolute Gasteiger partial charge is 0.336 e. The summed E-state index contributed by atoms with van der Waals surface area (Å²) in [4.78, 5) is 0. The number of halogens is 1. The second-order valence-electron chi connectivity index (χ2n) is 9.47. The Kier molecular flexibility index (Phi) is 5.43. The Morgan fingerprint density at radius 2 is 1.97 bits per heavy atom. The molecule has 0 aliphatic heterocycles. The zero-order chi connectivity index (χ0) is 21.5. The summed E-state index contributed by atoms with van der Waals surface area (Å²) in [6.45, 7) is 10.4. The number of H-pyrrole nitrogens is 1. The third-order valence-corrected chi connectivity index (χ3v) is 6.28. The summed E-state index contributed by atoms with van der Waals surface area (Å²) in [6.07, 6.45) is 6.05. The van der Waals surface area contributed by atoms with Gasteiger partial charge in [-0.1, -0.05) is 13.0 Å². The smallest absolute Gasteiger partial charge is 0.152 e. The van der Waals surface area contributed by atoms with Gasteiger partial charge in [-0.05, 0) is 76.6 Å². The van der Waals surface area contributed by atoms with Gasteiger partial charge in [-0.15, -0.1) is 0 Å². The maximum absolute atomic E-state index is 14.7. The van der Waals surface area contributed by atoms with Crippen molar-refractivity contribution in [3.8, 4) is 0 Å². The van der Waals surface area contributed by atoms with Crippen LogP contribution in [0.5, 0.6) is 0 Å². The normalized spacial score (nSPS) is 19.4. The molecule has 2 heterocycles. The molecule has 0 saturated heterocycles. The van der Waals surface area contributed by atoms with Crippen LogP contribution in [0.15, 0.2) is 30.5 Å². The lowest BCUT2D eigenvalue weighted by Crippen LogP contribution is -2.22. The first-order chi connectivity index (χ1) is 14.3. The summed E-state index contributed by atoms with van der Waals surface area (Å²) in [5.41, 5.74) is 4.51. The third-order valence-electron chi connectivity index (χ3n) is 6.28. The summed E-state index contributed by atoms with van der Waals surface area (Å²) < 4.78 is 16.8. The number of rotatable bonds is 5. The standard InChI is InChI=1S/C24H32FN5/c1-6-18-15(2)7-10-20(23(18)25)26-22-14-21(27-28-22)17-9-8-16(13-17)19-11-12-30(29-19)24(3,4)5/h7,10-12,14,16-17H,6,8-9,13H2,1-5H3,(H2,26,27,28). The fraction of sp³-hybridized carbons (Fsp3) is 0.500. The Labute approximate surface area is 178 Å². The quantitative estimate of drug-likeness (QED) is 0.530. The van der Waals surface area contributed by atoms with Gasteiger partial charge in [0.25, 0.3) is 0 Å². The maximum Gasteiger partial charge on any atom is 0.152 e. The van der Waals surface area contributed by atoms with Crippen molar-refractivity contribution in [3.05, 3.63) is 58.8 Å². The number of benzene rings is 1. The lowest BCUT2D eigenvalue weighted by molar-refractivity contribution is 0.351. The van der Waals surface area contributed by atoms with Crippen LogP contribution < -0.4 is 5.32 Å². The van der Waals surface area contributed by atoms with Crippen molar-refractivity contribution in [3.63, 3.8) is 0 Å². The highest BCUT2D eigenvalue weighted by atomic mass is 19.1. The molecule has 0 spiro atoms. The van der Waals surface area contributed by atoms with Gasteiger partial charge >= 0.3 is 0 Å². The lowest BCUT2D eigenvalue weighted by atomic mass is 10.00. The van der Waals surface area contributed by atoms with Crippen LogP contribution >= 0.6 is 0 Å². The highest BCUT2D eigenvalue weighted by molar-refractivity contribution is 5.59. The second kappa shape index (κ2) is 7.89. The van der Waals surface area contributed by atoms with Gasteiger partial charge in [0.15, 0.2) is 5.82 Å². The summed E-state index contributed by atoms with van der Waals surface area (Å²) in [7, 11) is 0. The zero-order valence-electron chi connectivity index (χ0n) is 18.6. The molecule has 1 aliphatic carbocycles. The molecule has 1 aromatic carbocycles. The van der Waals surface area contributed by atoms with Crippen molar-refractivity contribution in [2.45, 2.75) is 77.7 Å². The lowest BCUT2D eigenvalue weighted by Gasteiger charge is -2.19. The van der Waals surface area contributed by atoms with Crippen molar-refractivity contribution in [1.82, 2.24) is 20.0 Å². The summed E-state index contributed by atoms with van der Waals surface area (Å²) in [5, 5.41) is 15.5. The van der Waals surface area contributed by atoms with Crippen LogP contribution in [0.1, 0.15) is 81.3 Å². The average molecular weight is 410 g/mol. The summed E-state index contributed by atoms with van der Waals surface area (Å²) >= 11 is 0. The Morgan fingerprint density at radius 1 is 1.20 bits per heavy atom. The van der Waals surface area contributed by atoms with Gasteiger partial charge < -0.3 is 5.32 Å². The molecule has 3 aromatic rings. The van der Waals surface area contributed by atoms with Gasteiger partial charge in [0.2, 0.25) is 0 Å². The molecule has 4 rings (SSSR count). The van der Waals surface area contributed by atoms with Crippen molar-refractivity contribution in [1.29, 1.82) is 0 Å². The van der Waals surface area contributed by atoms with Gasteiger partial charge in [0.05, 0.1) is 16.9 Å². The minimum atomic E-state index is -0.183. The molecule has 2 atom stereocenters. The molecule has 0 amide bonds. The van der Waals surface area contributed by atoms with Gasteiger partial charge in [-0.25, -0.2) is 4.39 Å². The van der Waals surface area contributed by atoms with Gasteiger partial charge in [-0.3, -0.25) is 9.78 Å². The molecule has 2 unspecified atom stereocenters. The van der Waals surface area contributed by atoms with E-state index in [1.165, 1.54) is 5.69 Å². The molecular formula is C24H32FN5. The van der Waals surface area contributed by atoms with Crippen molar-refractivity contribution in [2.24, 2.45) is 0 Å². The Morgan fingerprint density at radius 3 is 2.67 bits per heavy atom. The maximum atomic E-state index is 14.7. The van der Waals surface area contributed by atoms with Crippen LogP contribution in [0.25, 0.3) is 0 Å². The minimum absolute atomic E-state index is 0.00307. The van der Waals surface area contributed by atoms with Crippen LogP contribution in [0.4, 0.5) is 15.9 Å². The van der Waals surface area contributed by atoms with E-state index in [4.69, 9.17) is 5.10 Å². The van der Waals surface area contributed by atoms with E-state index in [2.05, 4.69) is 53.2 Å². The average Bonchev–Trinajstić information content (AvgIpc) is 3.43. The van der Waals surface area contributed by atoms with E-state index >= 15 is 0 Å². The number of nitrogens with one attached hydrogen (secondary N) is 2. The highest BCUT2D eigenvalue weighted by Gasteiger charge is 2.30. The molecule has 1 aliphatic rings. The Hall–Kier alpha value is -2.63. The first kappa shape index (κ1) is 20.6. The SMILES string of the molecule is CCc1c(C)ccc(Nc2cc(C3CCC(c4ccn(C(C)(C)C)n4)C3)[nH]n2)c1F. The first-order valence-corrected chi connectivity index (χ1v) is 10.9. The van der Waals surface area contributed by atoms with Gasteiger partial charge in [0.1, 0.15) is 5.82 Å². The molecule has 30 heavy (non-hydrogen) atoms. The minimum Gasteiger partial charge on any atom is -0.336 e. The first-order valence-electron chi connectivity index (χ1n) is 10.9. The summed E-state index contributed by atoms with van der Waals surface area (Å²) in [6, 6.07) is 7.92. The number of hydrogen-bond donors (Lipinski definition) is 2. The van der Waals surface area contributed by atoms with Crippen LogP contribution in [0, 0.1) is 12.7 Å². The number of anilines is 2. The second-order valence-corrected chi connectivity index (χ2v) is 9.47. The number of aromatic nitrogens is 4. The fourth-order valence-corrected chi connectivity index (χ4v) is 4.46. The molecule has 0 bridgehead atoms. The molecule has 6 heteroatoms. The van der Waals surface area contributed by atoms with Gasteiger partial charge in [0, 0.05) is 29.8 Å². The van der Waals surface area contributed by atoms with E-state index in [-0.39, 0.29) is 11.4 Å². The van der Waals surface area contributed by atoms with Crippen molar-refractivity contribution >= 4 is 11.5 Å². The van der Waals surface area contributed by atoms with Crippen LogP contribution in [0.2, 0.25) is 0 Å². The molecule has 2 N–H and O–H groups in total. The third kappa shape index (κ3) is 4.00. The van der Waals surface area contributed by atoms with E-state index < -0.39 is 0 Å². The predicted molar refractivity (Wildman–Crippen MR) is 119 cm³/mol. The van der Waals surface area contributed by atoms with Crippen LogP contribution in [-0.4, -0.2) is 20.0 Å². The molecular weight excluding hydrogens is 377 g/mol. The molecule has 160 valence electrons. The van der Waals surface area contributed by atoms with Crippen molar-refractivity contribution < 1.29 is 4.39 Å². The number of hydrogen-bond acceptors (Lipinski definition) is 3. The molecule has 5 nitrogen and oxygen atoms in total. The number of aryl methyl sites for hydroxylation is 1. The molecule has 0 radical (unpaired) electrons. The van der Waals surface area contributed by atoms with Crippen LogP contribution in [0.3, 0.4) is 0 Å². The Balaban J connectivity index is 1.44. The number of nitrogens with zero attached hydrogens (tertiary/aromatic N) is 3. The van der Waals surface area contributed by atoms with E-state index in [0.29, 0.717) is 29.8 Å². The van der Waals surface area contributed by atoms with E-state index in [1.807, 2.05) is 26.0 Å². The van der Waals surface area contributed by atoms with E-state index in [1.54, 1.807) is 6.07 Å². The molecule has 1 fully saturated rings. The number of aromatic amines is 1. The van der Waals surface area contributed by atoms with Crippen molar-refractivity contribution in [2.75, 3.05) is 5.32 Å². The highest BCUT2D eigenvalue weighted by Crippen LogP contribution is 2.43. The zero-order valence-corrected chi connectivity index (χ0v) is 18.6. The fourth-order valence-electron chi connectivity index (χ4n) is 4.46.